The van der Waals surface area contributed by atoms with Crippen LogP contribution in [0.15, 0.2) is 0 Å². The van der Waals surface area contributed by atoms with E-state index in [4.69, 9.17) is 18.6 Å². The van der Waals surface area contributed by atoms with Gasteiger partial charge in [0.15, 0.2) is 9.76 Å². The van der Waals surface area contributed by atoms with E-state index >= 15 is 0 Å². The Kier molecular flexibility index (Phi) is 7.49. The molecular formula is C8H20O4Si. The number of hydrogen-bond donors (Lipinski definition) is 0. The first-order chi connectivity index (χ1) is 6.24. The molecule has 0 aromatic rings. The topological polar surface area (TPSA) is 36.9 Å². The molecule has 0 fully saturated rings. The highest BCUT2D eigenvalue weighted by molar-refractivity contribution is 6.26. The molecule has 0 aromatic carbocycles. The Bertz CT molecular complexity index is 108. The van der Waals surface area contributed by atoms with Crippen LogP contribution in [-0.2, 0) is 18.6 Å². The fraction of sp³-hybridized carbons (Fsp3) is 1.00. The normalized spacial score (nSPS) is 12.9. The van der Waals surface area contributed by atoms with Crippen molar-refractivity contribution < 1.29 is 18.6 Å². The average molecular weight is 208 g/mol. The third kappa shape index (κ3) is 4.73. The summed E-state index contributed by atoms with van der Waals surface area (Å²) in [6, 6.07) is 1.17. The van der Waals surface area contributed by atoms with Gasteiger partial charge in [0, 0.05) is 21.3 Å². The van der Waals surface area contributed by atoms with E-state index in [0.717, 1.165) is 0 Å². The second kappa shape index (κ2) is 7.46. The minimum Gasteiger partial charge on any atom is -0.416 e. The molecule has 5 heteroatoms. The summed E-state index contributed by atoms with van der Waals surface area (Å²) in [6.07, 6.45) is 1.17. The van der Waals surface area contributed by atoms with Gasteiger partial charge in [0.1, 0.15) is 6.61 Å². The fourth-order valence-corrected chi connectivity index (χ4v) is 1.76. The molecule has 0 amide bonds. The van der Waals surface area contributed by atoms with Crippen LogP contribution in [0.1, 0.15) is 13.3 Å². The molecule has 0 N–H and O–H groups in total. The van der Waals surface area contributed by atoms with Crippen molar-refractivity contribution in [2.75, 3.05) is 27.9 Å². The monoisotopic (exact) mass is 208 g/mol. The summed E-state index contributed by atoms with van der Waals surface area (Å²) >= 11 is 0. The van der Waals surface area contributed by atoms with E-state index in [1.54, 1.807) is 0 Å². The highest BCUT2D eigenvalue weighted by Crippen LogP contribution is 2.12. The Morgan fingerprint density at radius 2 is 1.62 bits per heavy atom. The number of ether oxygens (including phenoxy) is 3. The summed E-state index contributed by atoms with van der Waals surface area (Å²) in [5, 5.41) is 0. The molecule has 0 aliphatic rings. The van der Waals surface area contributed by atoms with E-state index in [1.807, 2.05) is 0 Å². The molecule has 0 heterocycles. The van der Waals surface area contributed by atoms with Crippen molar-refractivity contribution in [3.63, 3.8) is 0 Å². The lowest BCUT2D eigenvalue weighted by Gasteiger charge is -2.28. The summed E-state index contributed by atoms with van der Waals surface area (Å²) in [5.74, 6) is -1.01. The zero-order chi connectivity index (χ0) is 10.2. The highest BCUT2D eigenvalue weighted by Gasteiger charge is 2.29. The van der Waals surface area contributed by atoms with Crippen molar-refractivity contribution in [1.29, 1.82) is 0 Å². The van der Waals surface area contributed by atoms with Crippen molar-refractivity contribution in [2.45, 2.75) is 25.4 Å². The lowest BCUT2D eigenvalue weighted by Crippen LogP contribution is -2.41. The Hall–Kier alpha value is 0.0569. The van der Waals surface area contributed by atoms with Gasteiger partial charge >= 0.3 is 5.97 Å². The number of rotatable bonds is 8. The first-order valence-electron chi connectivity index (χ1n) is 4.48. The predicted molar refractivity (Wildman–Crippen MR) is 53.4 cm³/mol. The van der Waals surface area contributed by atoms with Gasteiger partial charge in [0.25, 0.3) is 0 Å². The lowest BCUT2D eigenvalue weighted by molar-refractivity contribution is -0.361. The smallest absolute Gasteiger partial charge is 0.305 e. The largest absolute Gasteiger partial charge is 0.416 e. The van der Waals surface area contributed by atoms with E-state index in [-0.39, 0.29) is 0 Å². The molecule has 0 spiro atoms. The molecule has 0 atom stereocenters. The summed E-state index contributed by atoms with van der Waals surface area (Å²) in [4.78, 5) is 0. The van der Waals surface area contributed by atoms with E-state index < -0.39 is 15.7 Å². The lowest BCUT2D eigenvalue weighted by atomic mass is 10.6. The molecule has 4 nitrogen and oxygen atoms in total. The van der Waals surface area contributed by atoms with Gasteiger partial charge in [-0.1, -0.05) is 13.3 Å². The third-order valence-electron chi connectivity index (χ3n) is 1.85. The van der Waals surface area contributed by atoms with Crippen LogP contribution in [0.2, 0.25) is 6.04 Å². The molecule has 0 saturated carbocycles. The van der Waals surface area contributed by atoms with Gasteiger partial charge in [-0.05, 0) is 6.04 Å². The minimum absolute atomic E-state index is 0.350. The van der Waals surface area contributed by atoms with Crippen molar-refractivity contribution in [3.05, 3.63) is 0 Å². The van der Waals surface area contributed by atoms with E-state index in [0.29, 0.717) is 6.61 Å². The standard InChI is InChI=1S/C8H20O4Si/c1-5-6-13-12-7-8(9-2,10-3)11-4/h5-7,13H2,1-4H3. The maximum Gasteiger partial charge on any atom is 0.305 e. The van der Waals surface area contributed by atoms with Crippen molar-refractivity contribution in [3.8, 4) is 0 Å². The van der Waals surface area contributed by atoms with Crippen molar-refractivity contribution >= 4 is 9.76 Å². The van der Waals surface area contributed by atoms with Gasteiger partial charge < -0.3 is 18.6 Å². The van der Waals surface area contributed by atoms with Crippen LogP contribution in [0.5, 0.6) is 0 Å². The zero-order valence-corrected chi connectivity index (χ0v) is 10.4. The van der Waals surface area contributed by atoms with Gasteiger partial charge in [-0.25, -0.2) is 0 Å². The first kappa shape index (κ1) is 13.1. The highest BCUT2D eigenvalue weighted by atomic mass is 28.2. The maximum atomic E-state index is 5.48. The van der Waals surface area contributed by atoms with Gasteiger partial charge in [0.05, 0.1) is 0 Å². The molecule has 0 unspecified atom stereocenters. The Balaban J connectivity index is 3.68. The zero-order valence-electron chi connectivity index (χ0n) is 8.96. The summed E-state index contributed by atoms with van der Waals surface area (Å²) < 4.78 is 20.7. The summed E-state index contributed by atoms with van der Waals surface area (Å²) in [5.41, 5.74) is 0. The maximum absolute atomic E-state index is 5.48. The van der Waals surface area contributed by atoms with Crippen LogP contribution in [-0.4, -0.2) is 43.7 Å². The molecule has 0 aliphatic carbocycles. The Labute approximate surface area is 82.4 Å². The first-order valence-corrected chi connectivity index (χ1v) is 6.05. The average Bonchev–Trinajstić information content (AvgIpc) is 2.20. The SMILES string of the molecule is CCC[SiH2]OCC(OC)(OC)OC. The molecule has 80 valence electrons. The number of hydrogen-bond acceptors (Lipinski definition) is 4. The van der Waals surface area contributed by atoms with Crippen LogP contribution in [0.4, 0.5) is 0 Å². The predicted octanol–water partition coefficient (Wildman–Crippen LogP) is 0.508. The molecule has 0 aliphatic heterocycles. The molecule has 0 bridgehead atoms. The summed E-state index contributed by atoms with van der Waals surface area (Å²) in [6.45, 7) is 2.50. The van der Waals surface area contributed by atoms with E-state index in [2.05, 4.69) is 6.92 Å². The molecule has 0 radical (unpaired) electrons. The molecule has 0 saturated heterocycles. The third-order valence-corrected chi connectivity index (χ3v) is 3.34. The molecule has 0 rings (SSSR count). The quantitative estimate of drug-likeness (QED) is 0.331. The van der Waals surface area contributed by atoms with Gasteiger partial charge in [-0.15, -0.1) is 0 Å². The van der Waals surface area contributed by atoms with Gasteiger partial charge in [-0.2, -0.15) is 0 Å². The second-order valence-corrected chi connectivity index (χ2v) is 4.23. The minimum atomic E-state index is -1.01. The molecular weight excluding hydrogens is 188 g/mol. The van der Waals surface area contributed by atoms with Crippen molar-refractivity contribution in [1.82, 2.24) is 0 Å². The van der Waals surface area contributed by atoms with E-state index in [1.165, 1.54) is 33.8 Å². The van der Waals surface area contributed by atoms with Crippen LogP contribution in [0.3, 0.4) is 0 Å². The van der Waals surface area contributed by atoms with Crippen molar-refractivity contribution in [2.24, 2.45) is 0 Å². The van der Waals surface area contributed by atoms with Crippen LogP contribution >= 0.6 is 0 Å². The van der Waals surface area contributed by atoms with Gasteiger partial charge in [0.2, 0.25) is 0 Å². The molecule has 0 aromatic heterocycles. The Morgan fingerprint density at radius 3 is 2.00 bits per heavy atom. The summed E-state index contributed by atoms with van der Waals surface area (Å²) in [7, 11) is 4.18. The van der Waals surface area contributed by atoms with Gasteiger partial charge in [-0.3, -0.25) is 0 Å². The van der Waals surface area contributed by atoms with Crippen LogP contribution in [0, 0.1) is 0 Å². The van der Waals surface area contributed by atoms with E-state index in [9.17, 15) is 0 Å². The number of methoxy groups -OCH3 is 3. The fourth-order valence-electron chi connectivity index (χ4n) is 0.870. The second-order valence-electron chi connectivity index (χ2n) is 2.70. The van der Waals surface area contributed by atoms with Crippen LogP contribution < -0.4 is 0 Å². The molecule has 13 heavy (non-hydrogen) atoms. The van der Waals surface area contributed by atoms with Crippen LogP contribution in [0.25, 0.3) is 0 Å². The Morgan fingerprint density at radius 1 is 1.08 bits per heavy atom.